The standard InChI is InChI=1S/C30H36ClN7O4/c1-5-6-11-26-32-28(31)25(19-42-30(40)24(37(2)3)16-17-27(39)41-4)38(26)18-20-12-14-21(15-13-20)22-9-7-8-10-23(22)29-33-35-36-34-29/h7-10,12-15,24H,5-6,11,16-19H2,1-4H3,(H,33,34,35,36)/t24-/m0/s1. The van der Waals surface area contributed by atoms with Gasteiger partial charge in [-0.15, -0.1) is 10.2 Å². The van der Waals surface area contributed by atoms with E-state index in [1.807, 2.05) is 28.8 Å². The maximum absolute atomic E-state index is 13.0. The highest BCUT2D eigenvalue weighted by Crippen LogP contribution is 2.30. The number of nitrogens with one attached hydrogen (secondary N) is 1. The molecule has 0 fully saturated rings. The molecule has 0 aliphatic carbocycles. The third-order valence-corrected chi connectivity index (χ3v) is 7.37. The average Bonchev–Trinajstić information content (AvgIpc) is 3.63. The van der Waals surface area contributed by atoms with Crippen molar-refractivity contribution in [3.63, 3.8) is 0 Å². The van der Waals surface area contributed by atoms with Gasteiger partial charge >= 0.3 is 11.9 Å². The van der Waals surface area contributed by atoms with Crippen LogP contribution in [0.3, 0.4) is 0 Å². The van der Waals surface area contributed by atoms with Crippen molar-refractivity contribution in [2.45, 2.75) is 58.2 Å². The molecule has 4 rings (SSSR count). The number of halogens is 1. The number of esters is 2. The molecule has 0 bridgehead atoms. The van der Waals surface area contributed by atoms with Gasteiger partial charge in [-0.2, -0.15) is 5.21 Å². The topological polar surface area (TPSA) is 128 Å². The van der Waals surface area contributed by atoms with Crippen molar-refractivity contribution in [3.05, 3.63) is 70.8 Å². The van der Waals surface area contributed by atoms with E-state index >= 15 is 0 Å². The molecule has 2 aromatic carbocycles. The normalized spacial score (nSPS) is 12.0. The monoisotopic (exact) mass is 593 g/mol. The minimum atomic E-state index is -0.596. The molecule has 0 radical (unpaired) electrons. The van der Waals surface area contributed by atoms with Crippen LogP contribution in [0.1, 0.15) is 49.7 Å². The van der Waals surface area contributed by atoms with E-state index < -0.39 is 12.0 Å². The molecule has 0 saturated carbocycles. The van der Waals surface area contributed by atoms with Crippen molar-refractivity contribution in [2.75, 3.05) is 21.2 Å². The average molecular weight is 594 g/mol. The van der Waals surface area contributed by atoms with Gasteiger partial charge in [0.2, 0.25) is 5.82 Å². The Morgan fingerprint density at radius 3 is 2.48 bits per heavy atom. The van der Waals surface area contributed by atoms with Crippen LogP contribution in [0.15, 0.2) is 48.5 Å². The summed E-state index contributed by atoms with van der Waals surface area (Å²) in [6.07, 6.45) is 3.11. The Morgan fingerprint density at radius 1 is 1.10 bits per heavy atom. The van der Waals surface area contributed by atoms with Crippen LogP contribution in [0.2, 0.25) is 5.15 Å². The number of aromatic amines is 1. The molecule has 4 aromatic rings. The van der Waals surface area contributed by atoms with Crippen molar-refractivity contribution >= 4 is 23.5 Å². The highest BCUT2D eigenvalue weighted by Gasteiger charge is 2.25. The fourth-order valence-electron chi connectivity index (χ4n) is 4.71. The predicted molar refractivity (Wildman–Crippen MR) is 159 cm³/mol. The van der Waals surface area contributed by atoms with E-state index in [2.05, 4.69) is 56.8 Å². The number of imidazole rings is 1. The zero-order valence-electron chi connectivity index (χ0n) is 24.3. The van der Waals surface area contributed by atoms with Gasteiger partial charge in [-0.1, -0.05) is 73.5 Å². The van der Waals surface area contributed by atoms with Crippen molar-refractivity contribution in [1.82, 2.24) is 35.1 Å². The molecule has 2 aromatic heterocycles. The van der Waals surface area contributed by atoms with Gasteiger partial charge in [0.25, 0.3) is 0 Å². The zero-order valence-corrected chi connectivity index (χ0v) is 25.1. The van der Waals surface area contributed by atoms with Crippen molar-refractivity contribution in [1.29, 1.82) is 0 Å². The molecule has 0 saturated heterocycles. The maximum atomic E-state index is 13.0. The SMILES string of the molecule is CCCCc1nc(Cl)c(COC(=O)[C@H](CCC(=O)OC)N(C)C)n1Cc1ccc(-c2ccccc2-c2nn[nH]n2)cc1. The molecule has 11 nitrogen and oxygen atoms in total. The molecule has 12 heteroatoms. The number of aryl methyl sites for hydroxylation is 1. The summed E-state index contributed by atoms with van der Waals surface area (Å²) in [7, 11) is 4.87. The molecule has 1 N–H and O–H groups in total. The summed E-state index contributed by atoms with van der Waals surface area (Å²) in [5.41, 5.74) is 4.57. The fourth-order valence-corrected chi connectivity index (χ4v) is 4.97. The molecule has 0 aliphatic heterocycles. The number of methoxy groups -OCH3 is 1. The third-order valence-electron chi connectivity index (χ3n) is 7.07. The van der Waals surface area contributed by atoms with Gasteiger partial charge in [0.1, 0.15) is 18.5 Å². The molecule has 0 spiro atoms. The number of benzene rings is 2. The Balaban J connectivity index is 1.54. The largest absolute Gasteiger partial charge is 0.469 e. The first-order valence-electron chi connectivity index (χ1n) is 13.9. The highest BCUT2D eigenvalue weighted by molar-refractivity contribution is 6.30. The minimum Gasteiger partial charge on any atom is -0.469 e. The van der Waals surface area contributed by atoms with Crippen LogP contribution in [0, 0.1) is 0 Å². The van der Waals surface area contributed by atoms with E-state index in [1.54, 1.807) is 19.0 Å². The number of carbonyl (C=O) groups is 2. The van der Waals surface area contributed by atoms with E-state index in [4.69, 9.17) is 21.1 Å². The van der Waals surface area contributed by atoms with Gasteiger partial charge in [0.15, 0.2) is 5.15 Å². The Morgan fingerprint density at radius 2 is 1.83 bits per heavy atom. The molecule has 2 heterocycles. The van der Waals surface area contributed by atoms with E-state index in [-0.39, 0.29) is 25.4 Å². The molecular formula is C30H36ClN7O4. The molecule has 222 valence electrons. The number of likely N-dealkylation sites (N-methyl/N-ethyl adjacent to an activating group) is 1. The van der Waals surface area contributed by atoms with Gasteiger partial charge < -0.3 is 14.0 Å². The van der Waals surface area contributed by atoms with Gasteiger partial charge in [0, 0.05) is 24.9 Å². The number of rotatable bonds is 14. The van der Waals surface area contributed by atoms with Crippen LogP contribution in [-0.4, -0.2) is 74.3 Å². The Hall–Kier alpha value is -4.09. The molecule has 0 aliphatic rings. The van der Waals surface area contributed by atoms with Crippen LogP contribution in [0.4, 0.5) is 0 Å². The van der Waals surface area contributed by atoms with Gasteiger partial charge in [0.05, 0.1) is 12.8 Å². The Kier molecular flexibility index (Phi) is 10.8. The molecular weight excluding hydrogens is 558 g/mol. The number of hydrogen-bond donors (Lipinski definition) is 1. The first-order chi connectivity index (χ1) is 20.3. The van der Waals surface area contributed by atoms with Gasteiger partial charge in [-0.05, 0) is 48.8 Å². The van der Waals surface area contributed by atoms with Crippen LogP contribution in [0.25, 0.3) is 22.5 Å². The summed E-state index contributed by atoms with van der Waals surface area (Å²) in [6, 6.07) is 15.5. The number of tetrazole rings is 1. The number of ether oxygens (including phenoxy) is 2. The lowest BCUT2D eigenvalue weighted by Crippen LogP contribution is -2.37. The van der Waals surface area contributed by atoms with Crippen LogP contribution >= 0.6 is 11.6 Å². The third kappa shape index (κ3) is 7.59. The molecule has 0 unspecified atom stereocenters. The number of unbranched alkanes of at least 4 members (excludes halogenated alkanes) is 1. The highest BCUT2D eigenvalue weighted by atomic mass is 35.5. The number of hydrogen-bond acceptors (Lipinski definition) is 9. The van der Waals surface area contributed by atoms with E-state index in [1.165, 1.54) is 7.11 Å². The maximum Gasteiger partial charge on any atom is 0.323 e. The van der Waals surface area contributed by atoms with Crippen molar-refractivity contribution in [2.24, 2.45) is 0 Å². The lowest BCUT2D eigenvalue weighted by molar-refractivity contribution is -0.151. The van der Waals surface area contributed by atoms with Gasteiger partial charge in [-0.25, -0.2) is 4.98 Å². The summed E-state index contributed by atoms with van der Waals surface area (Å²) in [5, 5.41) is 14.8. The number of aromatic nitrogens is 6. The number of nitrogens with zero attached hydrogens (tertiary/aromatic N) is 6. The summed E-state index contributed by atoms with van der Waals surface area (Å²) in [5.74, 6) is 0.562. The Labute approximate surface area is 250 Å². The summed E-state index contributed by atoms with van der Waals surface area (Å²) in [6.45, 7) is 2.60. The Bertz CT molecular complexity index is 1470. The van der Waals surface area contributed by atoms with Crippen molar-refractivity contribution in [3.8, 4) is 22.5 Å². The van der Waals surface area contributed by atoms with Gasteiger partial charge in [-0.3, -0.25) is 14.5 Å². The molecule has 42 heavy (non-hydrogen) atoms. The van der Waals surface area contributed by atoms with Crippen LogP contribution in [-0.2, 0) is 38.6 Å². The zero-order chi connectivity index (χ0) is 30.1. The second-order valence-corrected chi connectivity index (χ2v) is 10.5. The first kappa shape index (κ1) is 30.9. The summed E-state index contributed by atoms with van der Waals surface area (Å²) in [4.78, 5) is 31.0. The fraction of sp³-hybridized carbons (Fsp3) is 0.400. The predicted octanol–water partition coefficient (Wildman–Crippen LogP) is 4.70. The van der Waals surface area contributed by atoms with Crippen LogP contribution in [0.5, 0.6) is 0 Å². The van der Waals surface area contributed by atoms with Crippen LogP contribution < -0.4 is 0 Å². The van der Waals surface area contributed by atoms with E-state index in [9.17, 15) is 9.59 Å². The summed E-state index contributed by atoms with van der Waals surface area (Å²) >= 11 is 6.60. The number of carbonyl (C=O) groups excluding carboxylic acids is 2. The smallest absolute Gasteiger partial charge is 0.323 e. The molecule has 0 amide bonds. The van der Waals surface area contributed by atoms with E-state index in [0.29, 0.717) is 23.2 Å². The minimum absolute atomic E-state index is 0.0322. The quantitative estimate of drug-likeness (QED) is 0.207. The second kappa shape index (κ2) is 14.7. The lowest BCUT2D eigenvalue weighted by Gasteiger charge is -2.22. The number of H-pyrrole nitrogens is 1. The second-order valence-electron chi connectivity index (χ2n) is 10.1. The molecule has 1 atom stereocenters. The van der Waals surface area contributed by atoms with E-state index in [0.717, 1.165) is 47.3 Å². The summed E-state index contributed by atoms with van der Waals surface area (Å²) < 4.78 is 12.5. The first-order valence-corrected chi connectivity index (χ1v) is 14.3. The lowest BCUT2D eigenvalue weighted by atomic mass is 9.98. The van der Waals surface area contributed by atoms with Crippen molar-refractivity contribution < 1.29 is 19.1 Å².